The molecule has 3 rings (SSSR count). The van der Waals surface area contributed by atoms with E-state index in [1.54, 1.807) is 19.2 Å². The second-order valence-electron chi connectivity index (χ2n) is 5.56. The number of carbonyl (C=O) groups is 2. The van der Waals surface area contributed by atoms with Crippen LogP contribution in [0.15, 0.2) is 36.4 Å². The van der Waals surface area contributed by atoms with Crippen molar-refractivity contribution in [2.45, 2.75) is 13.0 Å². The molecule has 0 saturated heterocycles. The molecule has 0 radical (unpaired) electrons. The number of nitrogens with zero attached hydrogens (tertiary/aromatic N) is 1. The van der Waals surface area contributed by atoms with Gasteiger partial charge in [-0.1, -0.05) is 0 Å². The first-order chi connectivity index (χ1) is 11.1. The number of hydrogen-bond donors (Lipinski definition) is 1. The molecule has 5 nitrogen and oxygen atoms in total. The zero-order chi connectivity index (χ0) is 16.4. The summed E-state index contributed by atoms with van der Waals surface area (Å²) in [5.41, 5.74) is 9.69. The Labute approximate surface area is 134 Å². The first-order valence-corrected chi connectivity index (χ1v) is 7.42. The fourth-order valence-electron chi connectivity index (χ4n) is 2.93. The summed E-state index contributed by atoms with van der Waals surface area (Å²) in [5, 5.41) is 0. The normalized spacial score (nSPS) is 13.3. The van der Waals surface area contributed by atoms with E-state index in [2.05, 4.69) is 4.90 Å². The van der Waals surface area contributed by atoms with Gasteiger partial charge in [0, 0.05) is 24.3 Å². The quantitative estimate of drug-likeness (QED) is 0.878. The molecule has 1 aliphatic rings. The summed E-state index contributed by atoms with van der Waals surface area (Å²) in [6.07, 6.45) is 1.70. The zero-order valence-electron chi connectivity index (χ0n) is 12.9. The van der Waals surface area contributed by atoms with Gasteiger partial charge in [-0.15, -0.1) is 0 Å². The average Bonchev–Trinajstić information content (AvgIpc) is 2.60. The van der Waals surface area contributed by atoms with Gasteiger partial charge in [-0.3, -0.25) is 9.59 Å². The van der Waals surface area contributed by atoms with Crippen LogP contribution in [0.5, 0.6) is 5.75 Å². The van der Waals surface area contributed by atoms with Crippen LogP contribution in [-0.2, 0) is 13.0 Å². The van der Waals surface area contributed by atoms with Crippen molar-refractivity contribution in [3.05, 3.63) is 58.7 Å². The molecule has 0 aromatic heterocycles. The van der Waals surface area contributed by atoms with E-state index in [1.165, 1.54) is 5.56 Å². The third-order valence-corrected chi connectivity index (χ3v) is 4.21. The lowest BCUT2D eigenvalue weighted by Gasteiger charge is -2.31. The minimum absolute atomic E-state index is 0.428. The largest absolute Gasteiger partial charge is 0.496 e. The number of amides is 1. The number of nitrogens with two attached hydrogens (primary N) is 1. The molecule has 0 unspecified atom stereocenters. The van der Waals surface area contributed by atoms with Crippen molar-refractivity contribution in [3.8, 4) is 5.75 Å². The molecule has 2 aromatic rings. The van der Waals surface area contributed by atoms with E-state index in [0.717, 1.165) is 37.0 Å². The highest BCUT2D eigenvalue weighted by atomic mass is 16.5. The van der Waals surface area contributed by atoms with Crippen LogP contribution in [0.1, 0.15) is 31.8 Å². The molecule has 2 aromatic carbocycles. The molecule has 0 spiro atoms. The summed E-state index contributed by atoms with van der Waals surface area (Å²) in [7, 11) is 1.57. The molecule has 23 heavy (non-hydrogen) atoms. The zero-order valence-corrected chi connectivity index (χ0v) is 12.9. The van der Waals surface area contributed by atoms with Crippen LogP contribution >= 0.6 is 0 Å². The van der Waals surface area contributed by atoms with E-state index in [-0.39, 0.29) is 0 Å². The number of primary amides is 1. The van der Waals surface area contributed by atoms with Crippen LogP contribution in [0.25, 0.3) is 0 Å². The number of anilines is 1. The average molecular weight is 310 g/mol. The Hall–Kier alpha value is -2.82. The van der Waals surface area contributed by atoms with Crippen LogP contribution in [0.3, 0.4) is 0 Å². The summed E-state index contributed by atoms with van der Waals surface area (Å²) in [6.45, 7) is 1.59. The molecule has 0 saturated carbocycles. The predicted octanol–water partition coefficient (Wildman–Crippen LogP) is 2.17. The summed E-state index contributed by atoms with van der Waals surface area (Å²) in [4.78, 5) is 24.6. The third-order valence-electron chi connectivity index (χ3n) is 4.21. The molecule has 0 bridgehead atoms. The molecule has 1 heterocycles. The second-order valence-corrected chi connectivity index (χ2v) is 5.56. The topological polar surface area (TPSA) is 72.6 Å². The maximum Gasteiger partial charge on any atom is 0.248 e. The van der Waals surface area contributed by atoms with E-state index in [1.807, 2.05) is 24.3 Å². The summed E-state index contributed by atoms with van der Waals surface area (Å²) in [5.74, 6) is 0.196. The van der Waals surface area contributed by atoms with Crippen LogP contribution < -0.4 is 15.4 Å². The number of carbonyl (C=O) groups excluding carboxylic acids is 2. The Kier molecular flexibility index (Phi) is 4.02. The monoisotopic (exact) mass is 310 g/mol. The number of rotatable bonds is 4. The van der Waals surface area contributed by atoms with Crippen molar-refractivity contribution in [1.29, 1.82) is 0 Å². The maximum atomic E-state index is 11.2. The molecule has 118 valence electrons. The SMILES string of the molecule is COc1cc2c(cc1C=O)CN(c1ccc(C(N)=O)cc1)CC2. The molecule has 0 atom stereocenters. The minimum atomic E-state index is -0.428. The second kappa shape index (κ2) is 6.12. The third kappa shape index (κ3) is 2.90. The first kappa shape index (κ1) is 15.1. The Balaban J connectivity index is 1.87. The number of benzene rings is 2. The van der Waals surface area contributed by atoms with Gasteiger partial charge in [0.1, 0.15) is 5.75 Å². The Bertz CT molecular complexity index is 754. The van der Waals surface area contributed by atoms with Gasteiger partial charge in [-0.25, -0.2) is 0 Å². The number of methoxy groups -OCH3 is 1. The Morgan fingerprint density at radius 2 is 1.96 bits per heavy atom. The van der Waals surface area contributed by atoms with Crippen molar-refractivity contribution >= 4 is 17.9 Å². The number of aldehydes is 1. The highest BCUT2D eigenvalue weighted by molar-refractivity contribution is 5.93. The molecular weight excluding hydrogens is 292 g/mol. The predicted molar refractivity (Wildman–Crippen MR) is 88.1 cm³/mol. The minimum Gasteiger partial charge on any atom is -0.496 e. The Morgan fingerprint density at radius 1 is 1.22 bits per heavy atom. The molecule has 0 aliphatic carbocycles. The van der Waals surface area contributed by atoms with Crippen molar-refractivity contribution in [2.24, 2.45) is 5.73 Å². The van der Waals surface area contributed by atoms with Crippen LogP contribution in [0.4, 0.5) is 5.69 Å². The van der Waals surface area contributed by atoms with Gasteiger partial charge in [0.25, 0.3) is 0 Å². The molecule has 2 N–H and O–H groups in total. The van der Waals surface area contributed by atoms with E-state index in [0.29, 0.717) is 16.9 Å². The van der Waals surface area contributed by atoms with Gasteiger partial charge in [0.05, 0.1) is 12.7 Å². The number of ether oxygens (including phenoxy) is 1. The molecule has 1 amide bonds. The lowest BCUT2D eigenvalue weighted by molar-refractivity contribution is 0.1000. The van der Waals surface area contributed by atoms with Gasteiger partial charge in [-0.2, -0.15) is 0 Å². The van der Waals surface area contributed by atoms with E-state index in [9.17, 15) is 9.59 Å². The van der Waals surface area contributed by atoms with Gasteiger partial charge < -0.3 is 15.4 Å². The molecule has 0 fully saturated rings. The Morgan fingerprint density at radius 3 is 2.57 bits per heavy atom. The van der Waals surface area contributed by atoms with Crippen molar-refractivity contribution in [2.75, 3.05) is 18.6 Å². The van der Waals surface area contributed by atoms with Crippen LogP contribution in [0, 0.1) is 0 Å². The van der Waals surface area contributed by atoms with Crippen molar-refractivity contribution in [1.82, 2.24) is 0 Å². The van der Waals surface area contributed by atoms with Gasteiger partial charge in [-0.05, 0) is 53.9 Å². The summed E-state index contributed by atoms with van der Waals surface area (Å²) < 4.78 is 5.26. The smallest absolute Gasteiger partial charge is 0.248 e. The van der Waals surface area contributed by atoms with Gasteiger partial charge >= 0.3 is 0 Å². The number of hydrogen-bond acceptors (Lipinski definition) is 4. The highest BCUT2D eigenvalue weighted by Crippen LogP contribution is 2.29. The van der Waals surface area contributed by atoms with E-state index >= 15 is 0 Å². The van der Waals surface area contributed by atoms with E-state index < -0.39 is 5.91 Å². The first-order valence-electron chi connectivity index (χ1n) is 7.42. The summed E-state index contributed by atoms with van der Waals surface area (Å²) >= 11 is 0. The van der Waals surface area contributed by atoms with E-state index in [4.69, 9.17) is 10.5 Å². The lowest BCUT2D eigenvalue weighted by atomic mass is 9.96. The molecular formula is C18H18N2O3. The van der Waals surface area contributed by atoms with Crippen LogP contribution in [-0.4, -0.2) is 25.8 Å². The maximum absolute atomic E-state index is 11.2. The number of fused-ring (bicyclic) bond motifs is 1. The fourth-order valence-corrected chi connectivity index (χ4v) is 2.93. The van der Waals surface area contributed by atoms with Crippen molar-refractivity contribution < 1.29 is 14.3 Å². The molecule has 5 heteroatoms. The van der Waals surface area contributed by atoms with Crippen LogP contribution in [0.2, 0.25) is 0 Å². The van der Waals surface area contributed by atoms with Gasteiger partial charge in [0.2, 0.25) is 5.91 Å². The standard InChI is InChI=1S/C18H18N2O3/c1-23-17-9-13-6-7-20(10-14(13)8-15(17)11-21)16-4-2-12(3-5-16)18(19)22/h2-5,8-9,11H,6-7,10H2,1H3,(H2,19,22). The summed E-state index contributed by atoms with van der Waals surface area (Å²) in [6, 6.07) is 11.1. The fraction of sp³-hybridized carbons (Fsp3) is 0.222. The molecule has 1 aliphatic heterocycles. The van der Waals surface area contributed by atoms with Crippen molar-refractivity contribution in [3.63, 3.8) is 0 Å². The highest BCUT2D eigenvalue weighted by Gasteiger charge is 2.19. The lowest BCUT2D eigenvalue weighted by Crippen LogP contribution is -2.30. The van der Waals surface area contributed by atoms with Gasteiger partial charge in [0.15, 0.2) is 6.29 Å².